The second-order valence-corrected chi connectivity index (χ2v) is 9.93. The number of fused-ring (bicyclic) bond motifs is 1. The van der Waals surface area contributed by atoms with Crippen molar-refractivity contribution in [3.8, 4) is 6.07 Å². The molecule has 142 valence electrons. The van der Waals surface area contributed by atoms with Gasteiger partial charge in [0, 0.05) is 32.1 Å². The van der Waals surface area contributed by atoms with Gasteiger partial charge in [-0.15, -0.1) is 0 Å². The highest BCUT2D eigenvalue weighted by Crippen LogP contribution is 2.32. The number of nitrogens with zero attached hydrogens (tertiary/aromatic N) is 4. The SMILES string of the molecule is CN(CC1CCN(c2cc(C#N)c3ccccc3n2)CC1)S(=O)(=O)C1CC1. The number of aromatic nitrogens is 1. The number of hydrogen-bond donors (Lipinski definition) is 0. The lowest BCUT2D eigenvalue weighted by Crippen LogP contribution is -2.40. The fourth-order valence-electron chi connectivity index (χ4n) is 3.85. The van der Waals surface area contributed by atoms with E-state index in [-0.39, 0.29) is 5.25 Å². The van der Waals surface area contributed by atoms with Crippen molar-refractivity contribution in [3.05, 3.63) is 35.9 Å². The Morgan fingerprint density at radius 2 is 1.93 bits per heavy atom. The first-order chi connectivity index (χ1) is 13.0. The van der Waals surface area contributed by atoms with Crippen LogP contribution in [0.25, 0.3) is 10.9 Å². The molecule has 0 N–H and O–H groups in total. The smallest absolute Gasteiger partial charge is 0.216 e. The minimum absolute atomic E-state index is 0.145. The van der Waals surface area contributed by atoms with E-state index in [0.29, 0.717) is 18.0 Å². The quantitative estimate of drug-likeness (QED) is 0.792. The Morgan fingerprint density at radius 1 is 1.22 bits per heavy atom. The second-order valence-electron chi connectivity index (χ2n) is 7.61. The fourth-order valence-corrected chi connectivity index (χ4v) is 5.51. The predicted molar refractivity (Wildman–Crippen MR) is 106 cm³/mol. The van der Waals surface area contributed by atoms with Gasteiger partial charge in [-0.05, 0) is 43.7 Å². The van der Waals surface area contributed by atoms with Gasteiger partial charge in [0.1, 0.15) is 5.82 Å². The second kappa shape index (κ2) is 7.10. The van der Waals surface area contributed by atoms with Crippen molar-refractivity contribution in [1.29, 1.82) is 5.26 Å². The van der Waals surface area contributed by atoms with E-state index >= 15 is 0 Å². The molecule has 1 aromatic heterocycles. The van der Waals surface area contributed by atoms with Gasteiger partial charge in [-0.25, -0.2) is 17.7 Å². The van der Waals surface area contributed by atoms with E-state index in [1.807, 2.05) is 30.3 Å². The number of benzene rings is 1. The van der Waals surface area contributed by atoms with Crippen LogP contribution in [0.2, 0.25) is 0 Å². The average molecular weight is 385 g/mol. The van der Waals surface area contributed by atoms with Gasteiger partial charge in [0.05, 0.1) is 22.4 Å². The Balaban J connectivity index is 1.43. The molecular weight excluding hydrogens is 360 g/mol. The van der Waals surface area contributed by atoms with Crippen LogP contribution in [0, 0.1) is 17.2 Å². The molecular formula is C20H24N4O2S. The number of sulfonamides is 1. The minimum atomic E-state index is -3.09. The summed E-state index contributed by atoms with van der Waals surface area (Å²) in [6.45, 7) is 2.26. The molecule has 1 saturated carbocycles. The molecule has 2 aromatic rings. The molecule has 1 aliphatic carbocycles. The first-order valence-electron chi connectivity index (χ1n) is 9.49. The molecule has 1 aliphatic heterocycles. The molecule has 0 bridgehead atoms. The summed E-state index contributed by atoms with van der Waals surface area (Å²) in [5.41, 5.74) is 1.48. The van der Waals surface area contributed by atoms with Gasteiger partial charge in [0.25, 0.3) is 0 Å². The van der Waals surface area contributed by atoms with Gasteiger partial charge >= 0.3 is 0 Å². The maximum absolute atomic E-state index is 12.3. The molecule has 2 fully saturated rings. The summed E-state index contributed by atoms with van der Waals surface area (Å²) in [7, 11) is -1.38. The molecule has 1 saturated heterocycles. The Bertz CT molecular complexity index is 987. The van der Waals surface area contributed by atoms with Crippen molar-refractivity contribution in [3.63, 3.8) is 0 Å². The largest absolute Gasteiger partial charge is 0.357 e. The normalized spacial score (nSPS) is 18.8. The van der Waals surface area contributed by atoms with Crippen LogP contribution in [0.4, 0.5) is 5.82 Å². The lowest BCUT2D eigenvalue weighted by Gasteiger charge is -2.34. The third-order valence-electron chi connectivity index (χ3n) is 5.66. The number of rotatable bonds is 5. The molecule has 6 nitrogen and oxygen atoms in total. The number of nitriles is 1. The van der Waals surface area contributed by atoms with Gasteiger partial charge in [-0.2, -0.15) is 5.26 Å². The van der Waals surface area contributed by atoms with Crippen LogP contribution in [0.3, 0.4) is 0 Å². The van der Waals surface area contributed by atoms with Crippen LogP contribution in [-0.2, 0) is 10.0 Å². The van der Waals surface area contributed by atoms with Gasteiger partial charge in [-0.3, -0.25) is 0 Å². The number of hydrogen-bond acceptors (Lipinski definition) is 5. The summed E-state index contributed by atoms with van der Waals surface area (Å²) in [4.78, 5) is 6.94. The average Bonchev–Trinajstić information content (AvgIpc) is 3.53. The highest BCUT2D eigenvalue weighted by molar-refractivity contribution is 7.90. The van der Waals surface area contributed by atoms with E-state index in [9.17, 15) is 13.7 Å². The Morgan fingerprint density at radius 3 is 2.59 bits per heavy atom. The van der Waals surface area contributed by atoms with Gasteiger partial charge in [0.15, 0.2) is 0 Å². The topological polar surface area (TPSA) is 77.3 Å². The molecule has 27 heavy (non-hydrogen) atoms. The van der Waals surface area contributed by atoms with Gasteiger partial charge < -0.3 is 4.90 Å². The third kappa shape index (κ3) is 3.64. The van der Waals surface area contributed by atoms with E-state index in [0.717, 1.165) is 55.5 Å². The summed E-state index contributed by atoms with van der Waals surface area (Å²) in [5, 5.41) is 10.2. The molecule has 0 amide bonds. The Labute approximate surface area is 160 Å². The van der Waals surface area contributed by atoms with Crippen molar-refractivity contribution < 1.29 is 8.42 Å². The first kappa shape index (κ1) is 18.2. The first-order valence-corrected chi connectivity index (χ1v) is 11.0. The highest BCUT2D eigenvalue weighted by atomic mass is 32.2. The summed E-state index contributed by atoms with van der Waals surface area (Å²) < 4.78 is 26.2. The van der Waals surface area contributed by atoms with Crippen LogP contribution in [0.5, 0.6) is 0 Å². The number of piperidine rings is 1. The molecule has 2 heterocycles. The van der Waals surface area contributed by atoms with Crippen LogP contribution in [0.1, 0.15) is 31.2 Å². The molecule has 7 heteroatoms. The van der Waals surface area contributed by atoms with Crippen LogP contribution in [-0.4, -0.2) is 49.6 Å². The number of para-hydroxylation sites is 1. The van der Waals surface area contributed by atoms with Crippen molar-refractivity contribution >= 4 is 26.7 Å². The molecule has 0 atom stereocenters. The standard InChI is InChI=1S/C20H24N4O2S/c1-23(27(25,26)17-6-7-17)14-15-8-10-24(11-9-15)20-12-16(13-21)18-4-2-3-5-19(18)22-20/h2-5,12,15,17H,6-11,14H2,1H3. The minimum Gasteiger partial charge on any atom is -0.357 e. The molecule has 1 aromatic carbocycles. The van der Waals surface area contributed by atoms with Crippen molar-refractivity contribution in [2.24, 2.45) is 5.92 Å². The van der Waals surface area contributed by atoms with Gasteiger partial charge in [-0.1, -0.05) is 18.2 Å². The predicted octanol–water partition coefficient (Wildman–Crippen LogP) is 2.75. The zero-order chi connectivity index (χ0) is 19.0. The maximum atomic E-state index is 12.3. The molecule has 0 unspecified atom stereocenters. The molecule has 2 aliphatic rings. The lowest BCUT2D eigenvalue weighted by molar-refractivity contribution is 0.327. The Hall–Kier alpha value is -2.17. The summed E-state index contributed by atoms with van der Waals surface area (Å²) in [6, 6.07) is 11.9. The fraction of sp³-hybridized carbons (Fsp3) is 0.500. The lowest BCUT2D eigenvalue weighted by atomic mass is 9.96. The van der Waals surface area contributed by atoms with Crippen molar-refractivity contribution in [2.75, 3.05) is 31.6 Å². The van der Waals surface area contributed by atoms with Gasteiger partial charge in [0.2, 0.25) is 10.0 Å². The highest BCUT2D eigenvalue weighted by Gasteiger charge is 2.39. The molecule has 0 radical (unpaired) electrons. The molecule has 4 rings (SSSR count). The maximum Gasteiger partial charge on any atom is 0.216 e. The Kier molecular flexibility index (Phi) is 4.79. The van der Waals surface area contributed by atoms with Crippen LogP contribution >= 0.6 is 0 Å². The zero-order valence-corrected chi connectivity index (χ0v) is 16.3. The summed E-state index contributed by atoms with van der Waals surface area (Å²) >= 11 is 0. The van der Waals surface area contributed by atoms with Crippen molar-refractivity contribution in [2.45, 2.75) is 30.9 Å². The monoisotopic (exact) mass is 384 g/mol. The summed E-state index contributed by atoms with van der Waals surface area (Å²) in [6.07, 6.45) is 3.47. The third-order valence-corrected chi connectivity index (χ3v) is 7.99. The van der Waals surface area contributed by atoms with Crippen molar-refractivity contribution in [1.82, 2.24) is 9.29 Å². The summed E-state index contributed by atoms with van der Waals surface area (Å²) in [5.74, 6) is 1.21. The molecule has 0 spiro atoms. The number of pyridine rings is 1. The van der Waals surface area contributed by atoms with Crippen LogP contribution < -0.4 is 4.90 Å². The van der Waals surface area contributed by atoms with Crippen LogP contribution in [0.15, 0.2) is 30.3 Å². The van der Waals surface area contributed by atoms with E-state index < -0.39 is 10.0 Å². The zero-order valence-electron chi connectivity index (χ0n) is 15.5. The van der Waals surface area contributed by atoms with E-state index in [1.54, 1.807) is 11.4 Å². The number of anilines is 1. The van der Waals surface area contributed by atoms with E-state index in [4.69, 9.17) is 4.98 Å². The van der Waals surface area contributed by atoms with E-state index in [2.05, 4.69) is 11.0 Å². The van der Waals surface area contributed by atoms with E-state index in [1.165, 1.54) is 0 Å².